The zero-order chi connectivity index (χ0) is 16.2. The third-order valence-corrected chi connectivity index (χ3v) is 2.89. The van der Waals surface area contributed by atoms with Gasteiger partial charge in [-0.25, -0.2) is 13.2 Å². The third-order valence-electron chi connectivity index (χ3n) is 2.53. The number of hydrogen-bond donors (Lipinski definition) is 0. The van der Waals surface area contributed by atoms with Gasteiger partial charge in [0.25, 0.3) is 12.3 Å². The molecule has 0 bridgehead atoms. The molecule has 0 atom stereocenters. The second-order valence-electron chi connectivity index (χ2n) is 4.00. The molecule has 0 aliphatic heterocycles. The summed E-state index contributed by atoms with van der Waals surface area (Å²) in [6.07, 6.45) is -7.84. The summed E-state index contributed by atoms with van der Waals surface area (Å²) in [6, 6.07) is 2.17. The van der Waals surface area contributed by atoms with E-state index in [1.54, 1.807) is 0 Å². The zero-order valence-corrected chi connectivity index (χ0v) is 12.0. The molecule has 0 N–H and O–H groups in total. The minimum atomic E-state index is -4.97. The molecular formula is C12H10BrF6NO. The standard InChI is InChI=1S/C12H10BrF6NO/c13-4-5-20(6-9(14)15)11(21)7-2-1-3-8(10(7)16)12(17,18)19/h1-3,9H,4-6H2. The molecule has 118 valence electrons. The van der Waals surface area contributed by atoms with Crippen molar-refractivity contribution in [2.75, 3.05) is 18.4 Å². The number of amides is 1. The molecule has 0 spiro atoms. The summed E-state index contributed by atoms with van der Waals surface area (Å²) >= 11 is 2.93. The maximum absolute atomic E-state index is 13.8. The van der Waals surface area contributed by atoms with E-state index in [4.69, 9.17) is 0 Å². The molecule has 0 aromatic heterocycles. The van der Waals surface area contributed by atoms with Crippen LogP contribution in [0.25, 0.3) is 0 Å². The van der Waals surface area contributed by atoms with Gasteiger partial charge in [-0.3, -0.25) is 4.79 Å². The van der Waals surface area contributed by atoms with Crippen LogP contribution in [0.4, 0.5) is 26.3 Å². The van der Waals surface area contributed by atoms with E-state index in [9.17, 15) is 31.1 Å². The van der Waals surface area contributed by atoms with Crippen molar-refractivity contribution in [3.05, 3.63) is 35.1 Å². The van der Waals surface area contributed by atoms with Gasteiger partial charge < -0.3 is 4.90 Å². The maximum atomic E-state index is 13.8. The fraction of sp³-hybridized carbons (Fsp3) is 0.417. The van der Waals surface area contributed by atoms with Crippen LogP contribution in [0.2, 0.25) is 0 Å². The largest absolute Gasteiger partial charge is 0.419 e. The summed E-state index contributed by atoms with van der Waals surface area (Å²) < 4.78 is 76.2. The summed E-state index contributed by atoms with van der Waals surface area (Å²) in [5.41, 5.74) is -2.49. The first-order valence-corrected chi connectivity index (χ1v) is 6.79. The number of rotatable bonds is 5. The molecule has 0 radical (unpaired) electrons. The van der Waals surface area contributed by atoms with Crippen molar-refractivity contribution in [2.24, 2.45) is 0 Å². The summed E-state index contributed by atoms with van der Waals surface area (Å²) in [4.78, 5) is 12.5. The number of carbonyl (C=O) groups excluding carboxylic acids is 1. The molecular weight excluding hydrogens is 368 g/mol. The number of alkyl halides is 6. The Hall–Kier alpha value is -1.25. The van der Waals surface area contributed by atoms with E-state index in [1.807, 2.05) is 0 Å². The molecule has 1 aromatic carbocycles. The molecule has 0 saturated heterocycles. The van der Waals surface area contributed by atoms with Crippen molar-refractivity contribution in [1.29, 1.82) is 0 Å². The number of hydrogen-bond acceptors (Lipinski definition) is 1. The molecule has 21 heavy (non-hydrogen) atoms. The van der Waals surface area contributed by atoms with E-state index in [0.717, 1.165) is 12.1 Å². The highest BCUT2D eigenvalue weighted by atomic mass is 79.9. The quantitative estimate of drug-likeness (QED) is 0.562. The first-order chi connectivity index (χ1) is 9.68. The molecule has 0 fully saturated rings. The van der Waals surface area contributed by atoms with Gasteiger partial charge in [0.15, 0.2) is 0 Å². The maximum Gasteiger partial charge on any atom is 0.419 e. The van der Waals surface area contributed by atoms with Gasteiger partial charge in [0.1, 0.15) is 5.82 Å². The van der Waals surface area contributed by atoms with Crippen LogP contribution in [0.15, 0.2) is 18.2 Å². The van der Waals surface area contributed by atoms with Gasteiger partial charge >= 0.3 is 6.18 Å². The van der Waals surface area contributed by atoms with Crippen LogP contribution in [0.1, 0.15) is 15.9 Å². The van der Waals surface area contributed by atoms with E-state index >= 15 is 0 Å². The summed E-state index contributed by atoms with van der Waals surface area (Å²) in [5.74, 6) is -2.97. The lowest BCUT2D eigenvalue weighted by Gasteiger charge is -2.22. The van der Waals surface area contributed by atoms with Crippen LogP contribution in [0.5, 0.6) is 0 Å². The molecule has 2 nitrogen and oxygen atoms in total. The fourth-order valence-corrected chi connectivity index (χ4v) is 2.06. The first-order valence-electron chi connectivity index (χ1n) is 5.67. The third kappa shape index (κ3) is 4.62. The van der Waals surface area contributed by atoms with Crippen molar-refractivity contribution in [3.63, 3.8) is 0 Å². The fourth-order valence-electron chi connectivity index (χ4n) is 1.63. The topological polar surface area (TPSA) is 20.3 Å². The lowest BCUT2D eigenvalue weighted by atomic mass is 10.1. The van der Waals surface area contributed by atoms with Crippen LogP contribution in [0.3, 0.4) is 0 Å². The predicted molar refractivity (Wildman–Crippen MR) is 67.1 cm³/mol. The van der Waals surface area contributed by atoms with Crippen LogP contribution in [0, 0.1) is 5.82 Å². The Bertz CT molecular complexity index is 505. The predicted octanol–water partition coefficient (Wildman–Crippen LogP) is 3.95. The first kappa shape index (κ1) is 17.8. The van der Waals surface area contributed by atoms with Crippen molar-refractivity contribution >= 4 is 21.8 Å². The van der Waals surface area contributed by atoms with E-state index in [2.05, 4.69) is 15.9 Å². The lowest BCUT2D eigenvalue weighted by molar-refractivity contribution is -0.140. The van der Waals surface area contributed by atoms with Gasteiger partial charge in [-0.1, -0.05) is 22.0 Å². The minimum Gasteiger partial charge on any atom is -0.332 e. The lowest BCUT2D eigenvalue weighted by Crippen LogP contribution is -2.37. The van der Waals surface area contributed by atoms with Crippen LogP contribution < -0.4 is 0 Å². The van der Waals surface area contributed by atoms with Crippen LogP contribution in [-0.2, 0) is 6.18 Å². The zero-order valence-electron chi connectivity index (χ0n) is 10.4. The summed E-state index contributed by atoms with van der Waals surface area (Å²) in [7, 11) is 0. The van der Waals surface area contributed by atoms with Gasteiger partial charge in [-0.05, 0) is 12.1 Å². The highest BCUT2D eigenvalue weighted by molar-refractivity contribution is 9.09. The van der Waals surface area contributed by atoms with Crippen molar-refractivity contribution < 1.29 is 31.1 Å². The molecule has 1 amide bonds. The van der Waals surface area contributed by atoms with E-state index in [0.29, 0.717) is 11.0 Å². The summed E-state index contributed by atoms with van der Waals surface area (Å²) in [6.45, 7) is -1.17. The number of nitrogens with zero attached hydrogens (tertiary/aromatic N) is 1. The molecule has 0 unspecified atom stereocenters. The molecule has 1 aromatic rings. The van der Waals surface area contributed by atoms with Crippen molar-refractivity contribution in [1.82, 2.24) is 4.90 Å². The van der Waals surface area contributed by atoms with Gasteiger partial charge in [-0.15, -0.1) is 0 Å². The van der Waals surface area contributed by atoms with Crippen molar-refractivity contribution in [2.45, 2.75) is 12.6 Å². The van der Waals surface area contributed by atoms with Crippen LogP contribution in [-0.4, -0.2) is 35.7 Å². The molecule has 0 heterocycles. The molecule has 0 saturated carbocycles. The Morgan fingerprint density at radius 2 is 1.90 bits per heavy atom. The molecule has 0 aliphatic rings. The Morgan fingerprint density at radius 3 is 2.38 bits per heavy atom. The Labute approximate surface area is 124 Å². The van der Waals surface area contributed by atoms with Gasteiger partial charge in [0.2, 0.25) is 0 Å². The smallest absolute Gasteiger partial charge is 0.332 e. The molecule has 9 heteroatoms. The highest BCUT2D eigenvalue weighted by Crippen LogP contribution is 2.32. The number of benzene rings is 1. The average Bonchev–Trinajstić information content (AvgIpc) is 2.36. The second kappa shape index (κ2) is 7.15. The normalized spacial score (nSPS) is 11.8. The Balaban J connectivity index is 3.16. The van der Waals surface area contributed by atoms with E-state index < -0.39 is 42.0 Å². The highest BCUT2D eigenvalue weighted by Gasteiger charge is 2.36. The van der Waals surface area contributed by atoms with E-state index in [1.165, 1.54) is 0 Å². The monoisotopic (exact) mass is 377 g/mol. The molecule has 0 aliphatic carbocycles. The van der Waals surface area contributed by atoms with Gasteiger partial charge in [0.05, 0.1) is 17.7 Å². The van der Waals surface area contributed by atoms with E-state index in [-0.39, 0.29) is 11.9 Å². The van der Waals surface area contributed by atoms with Crippen molar-refractivity contribution in [3.8, 4) is 0 Å². The number of carbonyl (C=O) groups is 1. The Morgan fingerprint density at radius 1 is 1.29 bits per heavy atom. The number of halogens is 7. The van der Waals surface area contributed by atoms with Crippen LogP contribution >= 0.6 is 15.9 Å². The Kier molecular flexibility index (Phi) is 6.06. The minimum absolute atomic E-state index is 0.131. The SMILES string of the molecule is O=C(c1cccc(C(F)(F)F)c1F)N(CCBr)CC(F)F. The summed E-state index contributed by atoms with van der Waals surface area (Å²) in [5, 5.41) is 0.131. The average molecular weight is 378 g/mol. The second-order valence-corrected chi connectivity index (χ2v) is 4.79. The molecule has 1 rings (SSSR count). The van der Waals surface area contributed by atoms with Gasteiger partial charge in [-0.2, -0.15) is 13.2 Å². The van der Waals surface area contributed by atoms with Gasteiger partial charge in [0, 0.05) is 11.9 Å².